The number of anilines is 1. The van der Waals surface area contributed by atoms with Crippen molar-refractivity contribution in [2.75, 3.05) is 23.8 Å². The van der Waals surface area contributed by atoms with Gasteiger partial charge < -0.3 is 10.6 Å². The third-order valence-corrected chi connectivity index (χ3v) is 9.61. The first-order valence-corrected chi connectivity index (χ1v) is 13.6. The van der Waals surface area contributed by atoms with Gasteiger partial charge in [0.25, 0.3) is 0 Å². The smallest absolute Gasteiger partial charge is 0.236 e. The Kier molecular flexibility index (Phi) is 5.78. The molecular formula is C19H26N4O3S3. The van der Waals surface area contributed by atoms with Crippen molar-refractivity contribution < 1.29 is 13.2 Å². The summed E-state index contributed by atoms with van der Waals surface area (Å²) in [6.45, 7) is 4.20. The maximum absolute atomic E-state index is 13.0. The first-order chi connectivity index (χ1) is 13.8. The van der Waals surface area contributed by atoms with E-state index in [9.17, 15) is 13.2 Å². The van der Waals surface area contributed by atoms with Crippen molar-refractivity contribution in [1.82, 2.24) is 14.9 Å². The molecule has 0 unspecified atom stereocenters. The van der Waals surface area contributed by atoms with Crippen molar-refractivity contribution in [3.8, 4) is 0 Å². The van der Waals surface area contributed by atoms with Crippen molar-refractivity contribution in [3.63, 3.8) is 0 Å². The van der Waals surface area contributed by atoms with Crippen LogP contribution < -0.4 is 5.73 Å². The molecule has 0 radical (unpaired) electrons. The van der Waals surface area contributed by atoms with Gasteiger partial charge in [-0.25, -0.2) is 18.4 Å². The largest absolute Gasteiger partial charge is 0.383 e. The van der Waals surface area contributed by atoms with Gasteiger partial charge in [-0.3, -0.25) is 4.79 Å². The van der Waals surface area contributed by atoms with Crippen LogP contribution in [-0.4, -0.2) is 58.5 Å². The Morgan fingerprint density at radius 1 is 1.34 bits per heavy atom. The van der Waals surface area contributed by atoms with Crippen LogP contribution in [0.2, 0.25) is 0 Å². The zero-order chi connectivity index (χ0) is 20.8. The molecule has 1 saturated heterocycles. The number of carbonyl (C=O) groups excluding carboxylic acids is 1. The van der Waals surface area contributed by atoms with E-state index in [2.05, 4.69) is 4.98 Å². The molecule has 158 valence electrons. The van der Waals surface area contributed by atoms with Crippen molar-refractivity contribution in [3.05, 3.63) is 10.4 Å². The van der Waals surface area contributed by atoms with E-state index in [0.717, 1.165) is 23.1 Å². The minimum Gasteiger partial charge on any atom is -0.383 e. The highest BCUT2D eigenvalue weighted by molar-refractivity contribution is 8.00. The number of hydrogen-bond donors (Lipinski definition) is 1. The van der Waals surface area contributed by atoms with Crippen LogP contribution in [0.1, 0.15) is 43.6 Å². The second-order valence-corrected chi connectivity index (χ2v) is 12.3. The molecule has 2 atom stereocenters. The molecule has 3 heterocycles. The Balaban J connectivity index is 1.53. The summed E-state index contributed by atoms with van der Waals surface area (Å²) in [6, 6.07) is -0.238. The summed E-state index contributed by atoms with van der Waals surface area (Å²) in [4.78, 5) is 26.1. The molecule has 1 amide bonds. The van der Waals surface area contributed by atoms with Crippen molar-refractivity contribution in [2.24, 2.45) is 0 Å². The molecular weight excluding hydrogens is 428 g/mol. The molecule has 0 bridgehead atoms. The monoisotopic (exact) mass is 454 g/mol. The van der Waals surface area contributed by atoms with Gasteiger partial charge in [-0.1, -0.05) is 11.8 Å². The van der Waals surface area contributed by atoms with Crippen LogP contribution >= 0.6 is 23.1 Å². The molecule has 7 nitrogen and oxygen atoms in total. The molecule has 2 aromatic rings. The van der Waals surface area contributed by atoms with Crippen LogP contribution in [0, 0.1) is 0 Å². The summed E-state index contributed by atoms with van der Waals surface area (Å²) in [5.41, 5.74) is 7.57. The highest BCUT2D eigenvalue weighted by atomic mass is 32.2. The summed E-state index contributed by atoms with van der Waals surface area (Å²) in [7, 11) is -3.04. The number of carbonyl (C=O) groups is 1. The lowest BCUT2D eigenvalue weighted by Crippen LogP contribution is -2.44. The average molecular weight is 455 g/mol. The van der Waals surface area contributed by atoms with Gasteiger partial charge in [0.2, 0.25) is 5.91 Å². The van der Waals surface area contributed by atoms with Crippen LogP contribution in [0.25, 0.3) is 10.2 Å². The van der Waals surface area contributed by atoms with Crippen LogP contribution in [0.4, 0.5) is 5.82 Å². The summed E-state index contributed by atoms with van der Waals surface area (Å²) in [5, 5.41) is 1.08. The van der Waals surface area contributed by atoms with Gasteiger partial charge in [0.15, 0.2) is 15.0 Å². The minimum atomic E-state index is -3.04. The Hall–Kier alpha value is -1.39. The summed E-state index contributed by atoms with van der Waals surface area (Å²) < 4.78 is 23.6. The maximum atomic E-state index is 13.0. The topological polar surface area (TPSA) is 106 Å². The van der Waals surface area contributed by atoms with Gasteiger partial charge in [0.1, 0.15) is 10.6 Å². The number of nitrogen functional groups attached to an aromatic ring is 1. The fraction of sp³-hybridized carbons (Fsp3) is 0.632. The Labute approximate surface area is 179 Å². The molecule has 2 aromatic heterocycles. The Bertz CT molecular complexity index is 1050. The van der Waals surface area contributed by atoms with E-state index in [4.69, 9.17) is 10.7 Å². The van der Waals surface area contributed by atoms with E-state index in [0.29, 0.717) is 23.9 Å². The normalized spacial score (nSPS) is 21.8. The lowest BCUT2D eigenvalue weighted by Gasteiger charge is -2.29. The Morgan fingerprint density at radius 2 is 2.10 bits per heavy atom. The SMILES string of the molecule is CCN(C(=O)[C@@H](C)Sc1nc(N)c2c3c(sc2n1)CCCC3)[C@H]1CCS(=O)(=O)C1. The van der Waals surface area contributed by atoms with Crippen molar-refractivity contribution >= 4 is 54.9 Å². The second kappa shape index (κ2) is 8.03. The number of rotatable bonds is 5. The molecule has 4 rings (SSSR count). The summed E-state index contributed by atoms with van der Waals surface area (Å²) in [5.74, 6) is 0.626. The predicted molar refractivity (Wildman–Crippen MR) is 118 cm³/mol. The average Bonchev–Trinajstić information content (AvgIpc) is 3.21. The summed E-state index contributed by atoms with van der Waals surface area (Å²) in [6.07, 6.45) is 4.98. The van der Waals surface area contributed by atoms with Crippen LogP contribution in [0.15, 0.2) is 5.16 Å². The fourth-order valence-electron chi connectivity index (χ4n) is 4.28. The number of aromatic nitrogens is 2. The number of nitrogens with two attached hydrogens (primary N) is 1. The number of hydrogen-bond acceptors (Lipinski definition) is 8. The lowest BCUT2D eigenvalue weighted by molar-refractivity contribution is -0.131. The summed E-state index contributed by atoms with van der Waals surface area (Å²) >= 11 is 2.98. The quantitative estimate of drug-likeness (QED) is 0.547. The minimum absolute atomic E-state index is 0.0557. The second-order valence-electron chi connectivity index (χ2n) is 7.72. The van der Waals surface area contributed by atoms with Gasteiger partial charge >= 0.3 is 0 Å². The lowest BCUT2D eigenvalue weighted by atomic mass is 9.97. The first kappa shape index (κ1) is 20.9. The third-order valence-electron chi connectivity index (χ3n) is 5.73. The van der Waals surface area contributed by atoms with Crippen molar-refractivity contribution in [2.45, 2.75) is 62.4 Å². The highest BCUT2D eigenvalue weighted by Crippen LogP contribution is 2.39. The van der Waals surface area contributed by atoms with E-state index in [-0.39, 0.29) is 23.5 Å². The molecule has 1 fully saturated rings. The van der Waals surface area contributed by atoms with Gasteiger partial charge in [-0.05, 0) is 51.5 Å². The van der Waals surface area contributed by atoms with Crippen LogP contribution in [0.3, 0.4) is 0 Å². The number of thiophene rings is 1. The molecule has 1 aliphatic carbocycles. The molecule has 0 saturated carbocycles. The predicted octanol–water partition coefficient (Wildman–Crippen LogP) is 2.67. The molecule has 2 N–H and O–H groups in total. The van der Waals surface area contributed by atoms with E-state index in [1.54, 1.807) is 16.2 Å². The fourth-order valence-corrected chi connectivity index (χ4v) is 8.18. The number of sulfone groups is 1. The van der Waals surface area contributed by atoms with E-state index < -0.39 is 15.1 Å². The third kappa shape index (κ3) is 4.11. The van der Waals surface area contributed by atoms with E-state index in [1.807, 2.05) is 13.8 Å². The van der Waals surface area contributed by atoms with Crippen molar-refractivity contribution in [1.29, 1.82) is 0 Å². The molecule has 10 heteroatoms. The zero-order valence-electron chi connectivity index (χ0n) is 16.7. The van der Waals surface area contributed by atoms with Gasteiger partial charge in [-0.2, -0.15) is 0 Å². The molecule has 2 aliphatic rings. The molecule has 0 aromatic carbocycles. The molecule has 29 heavy (non-hydrogen) atoms. The van der Waals surface area contributed by atoms with E-state index in [1.165, 1.54) is 35.0 Å². The number of nitrogens with zero attached hydrogens (tertiary/aromatic N) is 3. The molecule has 0 spiro atoms. The van der Waals surface area contributed by atoms with Gasteiger partial charge in [-0.15, -0.1) is 11.3 Å². The van der Waals surface area contributed by atoms with Crippen LogP contribution in [0.5, 0.6) is 0 Å². The van der Waals surface area contributed by atoms with Crippen LogP contribution in [-0.2, 0) is 27.5 Å². The maximum Gasteiger partial charge on any atom is 0.236 e. The number of amides is 1. The van der Waals surface area contributed by atoms with Gasteiger partial charge in [0.05, 0.1) is 22.1 Å². The molecule has 1 aliphatic heterocycles. The van der Waals surface area contributed by atoms with Gasteiger partial charge in [0, 0.05) is 17.5 Å². The first-order valence-electron chi connectivity index (χ1n) is 10.0. The number of aryl methyl sites for hydroxylation is 2. The van der Waals surface area contributed by atoms with E-state index >= 15 is 0 Å². The number of fused-ring (bicyclic) bond motifs is 3. The standard InChI is InChI=1S/C19H26N4O3S3/c1-3-23(12-8-9-29(25,26)10-12)18(24)11(2)27-19-21-16(20)15-13-6-4-5-7-14(13)28-17(15)22-19/h11-12H,3-10H2,1-2H3,(H2,20,21,22)/t11-,12+/m1/s1. The number of thioether (sulfide) groups is 1. The Morgan fingerprint density at radius 3 is 2.79 bits per heavy atom. The highest BCUT2D eigenvalue weighted by Gasteiger charge is 2.35. The zero-order valence-corrected chi connectivity index (χ0v) is 19.1.